The first-order valence-electron chi connectivity index (χ1n) is 42.9. The molecule has 125 heavy (non-hydrogen) atoms. The quantitative estimate of drug-likeness (QED) is 0.0162. The van der Waals surface area contributed by atoms with E-state index in [1.807, 2.05) is 138 Å². The summed E-state index contributed by atoms with van der Waals surface area (Å²) < 4.78 is 76.4. The van der Waals surface area contributed by atoms with Crippen LogP contribution in [0.4, 0.5) is 8.78 Å². The van der Waals surface area contributed by atoms with E-state index < -0.39 is 39.9 Å². The third kappa shape index (κ3) is 52.9. The lowest BCUT2D eigenvalue weighted by Crippen LogP contribution is -2.29. The van der Waals surface area contributed by atoms with E-state index >= 15 is 0 Å². The Morgan fingerprint density at radius 1 is 0.456 bits per heavy atom. The van der Waals surface area contributed by atoms with Crippen molar-refractivity contribution in [3.05, 3.63) is 246 Å². The van der Waals surface area contributed by atoms with E-state index in [0.717, 1.165) is 23.1 Å². The number of carbonyl (C=O) groups is 7. The maximum atomic E-state index is 12.0. The molecule has 7 aromatic carbocycles. The number of benzene rings is 7. The van der Waals surface area contributed by atoms with Crippen molar-refractivity contribution >= 4 is 82.7 Å². The average Bonchev–Trinajstić information content (AvgIpc) is 1.76. The van der Waals surface area contributed by atoms with E-state index in [4.69, 9.17) is 51.6 Å². The van der Waals surface area contributed by atoms with Gasteiger partial charge in [-0.15, -0.1) is 0 Å². The summed E-state index contributed by atoms with van der Waals surface area (Å²) in [5, 5.41) is -0.352. The van der Waals surface area contributed by atoms with Crippen LogP contribution in [0.1, 0.15) is 232 Å². The fourth-order valence-electron chi connectivity index (χ4n) is 10.4. The smallest absolute Gasteiger partial charge is 0.308 e. The molecule has 0 amide bonds. The normalized spacial score (nSPS) is 11.5. The number of carbonyl (C=O) groups excluding carboxylic acids is 7. The Kier molecular flexibility index (Phi) is 58.8. The number of halogens is 4. The first-order valence-corrected chi connectivity index (χ1v) is 48.9. The molecule has 0 atom stereocenters. The van der Waals surface area contributed by atoms with Crippen LogP contribution in [0.15, 0.2) is 212 Å². The number of Topliss-reactive ketones (excluding diaryl/α,β-unsaturated/α-hetero) is 1. The van der Waals surface area contributed by atoms with Gasteiger partial charge in [0.15, 0.2) is 9.84 Å². The lowest BCUT2D eigenvalue weighted by atomic mass is 9.68. The van der Waals surface area contributed by atoms with Gasteiger partial charge in [0, 0.05) is 32.2 Å². The first-order chi connectivity index (χ1) is 57.3. The lowest BCUT2D eigenvalue weighted by Gasteiger charge is -2.35. The summed E-state index contributed by atoms with van der Waals surface area (Å²) in [5.41, 5.74) is 11.1. The largest absolute Gasteiger partial charge is 0.466 e. The summed E-state index contributed by atoms with van der Waals surface area (Å²) in [6.45, 7) is 61.3. The van der Waals surface area contributed by atoms with Crippen LogP contribution in [-0.2, 0) is 90.3 Å². The molecule has 1 aliphatic rings. The zero-order valence-electron chi connectivity index (χ0n) is 80.1. The van der Waals surface area contributed by atoms with Crippen LogP contribution in [0, 0.1) is 60.2 Å². The van der Waals surface area contributed by atoms with E-state index in [-0.39, 0.29) is 108 Å². The molecular formula is C104H154Cl2F2O15SSi. The van der Waals surface area contributed by atoms with Crippen LogP contribution in [0.5, 0.6) is 0 Å². The van der Waals surface area contributed by atoms with Gasteiger partial charge in [0.1, 0.15) is 36.4 Å². The van der Waals surface area contributed by atoms with Gasteiger partial charge in [-0.1, -0.05) is 382 Å². The number of fused-ring (bicyclic) bond motifs is 3. The highest BCUT2D eigenvalue weighted by molar-refractivity contribution is 7.92. The Morgan fingerprint density at radius 2 is 0.808 bits per heavy atom. The van der Waals surface area contributed by atoms with Crippen LogP contribution >= 0.6 is 23.2 Å². The highest BCUT2D eigenvalue weighted by Gasteiger charge is 2.35. The highest BCUT2D eigenvalue weighted by Crippen LogP contribution is 2.45. The van der Waals surface area contributed by atoms with Crippen molar-refractivity contribution in [1.29, 1.82) is 0 Å². The Bertz CT molecular complexity index is 4210. The molecule has 698 valence electrons. The van der Waals surface area contributed by atoms with Gasteiger partial charge in [0.2, 0.25) is 5.78 Å². The van der Waals surface area contributed by atoms with Crippen molar-refractivity contribution in [3.8, 4) is 11.1 Å². The molecule has 0 radical (unpaired) electrons. The lowest BCUT2D eigenvalue weighted by molar-refractivity contribution is -0.159. The van der Waals surface area contributed by atoms with Gasteiger partial charge in [-0.25, -0.2) is 8.42 Å². The van der Waals surface area contributed by atoms with Gasteiger partial charge >= 0.3 is 41.7 Å². The molecule has 0 saturated carbocycles. The van der Waals surface area contributed by atoms with Crippen LogP contribution in [0.25, 0.3) is 11.1 Å². The minimum Gasteiger partial charge on any atom is -0.466 e. The molecule has 0 N–H and O–H groups in total. The molecule has 0 unspecified atom stereocenters. The third-order valence-electron chi connectivity index (χ3n) is 18.0. The zero-order chi connectivity index (χ0) is 95.7. The Hall–Kier alpha value is -8.62. The van der Waals surface area contributed by atoms with Crippen LogP contribution in [0.3, 0.4) is 0 Å². The second-order valence-electron chi connectivity index (χ2n) is 36.0. The first kappa shape index (κ1) is 121. The molecule has 0 fully saturated rings. The van der Waals surface area contributed by atoms with Gasteiger partial charge in [-0.3, -0.25) is 33.6 Å². The van der Waals surface area contributed by atoms with Gasteiger partial charge < -0.3 is 28.4 Å². The van der Waals surface area contributed by atoms with Gasteiger partial charge in [-0.05, 0) is 129 Å². The Labute approximate surface area is 764 Å². The average molecular weight is 1810 g/mol. The molecule has 21 heteroatoms. The van der Waals surface area contributed by atoms with Crippen LogP contribution in [0.2, 0.25) is 25.7 Å². The number of rotatable bonds is 26. The number of aryl methyl sites for hydroxylation is 1. The molecule has 0 bridgehead atoms. The molecule has 0 heterocycles. The second-order valence-corrected chi connectivity index (χ2v) is 46.0. The highest BCUT2D eigenvalue weighted by atomic mass is 35.5. The van der Waals surface area contributed by atoms with Crippen molar-refractivity contribution < 1.29 is 79.2 Å². The van der Waals surface area contributed by atoms with Crippen molar-refractivity contribution in [2.45, 2.75) is 270 Å². The molecule has 0 aromatic heterocycles. The van der Waals surface area contributed by atoms with E-state index in [1.165, 1.54) is 59.2 Å². The Balaban J connectivity index is -0.00000134. The van der Waals surface area contributed by atoms with Crippen LogP contribution < -0.4 is 0 Å². The molecule has 8 rings (SSSR count). The number of hydrogen-bond acceptors (Lipinski definition) is 15. The molecule has 0 spiro atoms. The number of sulfone groups is 1. The summed E-state index contributed by atoms with van der Waals surface area (Å²) in [5.74, 6) is -4.52. The number of hydrogen-bond donors (Lipinski definition) is 0. The Morgan fingerprint density at radius 3 is 1.13 bits per heavy atom. The molecule has 15 nitrogen and oxygen atoms in total. The van der Waals surface area contributed by atoms with Crippen molar-refractivity contribution in [2.24, 2.45) is 53.3 Å². The van der Waals surface area contributed by atoms with Crippen molar-refractivity contribution in [3.63, 3.8) is 0 Å². The summed E-state index contributed by atoms with van der Waals surface area (Å²) in [6, 6.07) is 66.6. The van der Waals surface area contributed by atoms with Gasteiger partial charge in [-0.2, -0.15) is 8.78 Å². The fraction of sp³-hybridized carbons (Fsp3) is 0.510. The fourth-order valence-corrected chi connectivity index (χ4v) is 12.3. The molecule has 1 aliphatic carbocycles. The number of ketones is 1. The van der Waals surface area contributed by atoms with Crippen molar-refractivity contribution in [2.75, 3.05) is 26.4 Å². The van der Waals surface area contributed by atoms with Gasteiger partial charge in [0.25, 0.3) is 0 Å². The predicted octanol–water partition coefficient (Wildman–Crippen LogP) is 26.9. The van der Waals surface area contributed by atoms with Gasteiger partial charge in [0.05, 0.1) is 52.3 Å². The maximum absolute atomic E-state index is 12.0. The topological polar surface area (TPSA) is 209 Å². The number of alkyl halides is 4. The summed E-state index contributed by atoms with van der Waals surface area (Å²) in [4.78, 5) is 77.1. The number of ether oxygens (including phenoxy) is 6. The third-order valence-corrected chi connectivity index (χ3v) is 22.1. The summed E-state index contributed by atoms with van der Waals surface area (Å²) in [6.07, 6.45) is 2.75. The summed E-state index contributed by atoms with van der Waals surface area (Å²) >= 11 is 11.1. The molecule has 0 saturated heterocycles. The number of esters is 6. The zero-order valence-corrected chi connectivity index (χ0v) is 83.4. The maximum Gasteiger partial charge on any atom is 0.308 e. The van der Waals surface area contributed by atoms with Crippen LogP contribution in [-0.4, -0.2) is 106 Å². The predicted molar refractivity (Wildman–Crippen MR) is 517 cm³/mol. The van der Waals surface area contributed by atoms with E-state index in [2.05, 4.69) is 188 Å². The standard InChI is InChI=1S/C18H18O2.C17H20.C11H14O2.C10H14O2S.C10H14.C9H20O2Si.C8H16O2.C7H12Cl2O2.C7H12O2.C6H10F2O.CH4/c1-12(2)18(19)20-11-17-15-9-5-3-7-13(15)14-8-4-6-10-16(14)17;1-14(2)17(3,15-10-6-4-7-11-15)16-12-8-5-9-13-16;1-9(2)11(12)13-8-10-6-4-3-5-7-10;1-8(2)13(11,12)10-6-4-9(3)5-7-10;1-9(2)8-10-6-4-3-5-7-10;1-8(2)9(10)11-6-7-12(3,4)5;1-6(2)7(9)10-8(3,4)5;1-5(2)6(10)11-4-7(3,8)9;1-4-5-9-7(8)6(2)3;1-4(2)5(9)6(3,7)8;/h3-10,12,17H,11H2,1-2H3;4-14H,1-3H3;3-7,9H,8H2,1-2H3;4-8H,1-3H3;3-7,9H,8H2,1-2H3;8H,6-7H2,1-5H3;6H,1-5H3;5H,4H2,1-3H3;4,6H,1,5H2,2-3H3;4H,1-3H3;1H4. The molecular weight excluding hydrogens is 1660 g/mol. The van der Waals surface area contributed by atoms with E-state index in [0.29, 0.717) is 44.2 Å². The van der Waals surface area contributed by atoms with Crippen molar-refractivity contribution in [1.82, 2.24) is 0 Å². The molecule has 0 aliphatic heterocycles. The second kappa shape index (κ2) is 60.9. The minimum absolute atomic E-state index is 0. The van der Waals surface area contributed by atoms with E-state index in [9.17, 15) is 50.8 Å². The summed E-state index contributed by atoms with van der Waals surface area (Å²) in [7, 11) is -4.13. The SMILES string of the molecule is C.C=CCOC(=O)C(C)C.CC(C)C(=O)C(C)(F)F.CC(C)C(=O)OC(C)(C)C.CC(C)C(=O)OCC(C)(Cl)Cl.CC(C)C(=O)OCC1c2ccccc2-c2ccccc21.CC(C)C(=O)OCC[Si](C)(C)C.CC(C)C(=O)OCc1ccccc1.CC(C)C(C)(c1ccccc1)c1ccccc1.CC(C)Cc1ccccc1.Cc1ccc(S(=O)(=O)C(C)C)cc1. The van der Waals surface area contributed by atoms with E-state index in [1.54, 1.807) is 66.7 Å². The monoisotopic (exact) mass is 1810 g/mol. The molecule has 7 aromatic rings. The minimum atomic E-state index is -3.16.